The van der Waals surface area contributed by atoms with Crippen LogP contribution in [0.25, 0.3) is 5.57 Å². The summed E-state index contributed by atoms with van der Waals surface area (Å²) in [5, 5.41) is 1.03. The molecule has 0 N–H and O–H groups in total. The highest BCUT2D eigenvalue weighted by molar-refractivity contribution is 6.42. The zero-order valence-electron chi connectivity index (χ0n) is 15.1. The summed E-state index contributed by atoms with van der Waals surface area (Å²) in [7, 11) is 0. The minimum atomic E-state index is 0.158. The van der Waals surface area contributed by atoms with Gasteiger partial charge in [-0.25, -0.2) is 0 Å². The van der Waals surface area contributed by atoms with Crippen LogP contribution in [-0.4, -0.2) is 47.4 Å². The Morgan fingerprint density at radius 2 is 1.62 bits per heavy atom. The van der Waals surface area contributed by atoms with Crippen molar-refractivity contribution < 1.29 is 4.79 Å². The highest BCUT2D eigenvalue weighted by Crippen LogP contribution is 2.34. The van der Waals surface area contributed by atoms with Gasteiger partial charge in [-0.2, -0.15) is 0 Å². The van der Waals surface area contributed by atoms with E-state index in [1.807, 2.05) is 12.1 Å². The van der Waals surface area contributed by atoms with Gasteiger partial charge in [0.15, 0.2) is 0 Å². The zero-order valence-corrected chi connectivity index (χ0v) is 16.6. The topological polar surface area (TPSA) is 23.6 Å². The number of carbonyl (C=O) groups is 1. The lowest BCUT2D eigenvalue weighted by atomic mass is 9.86. The lowest BCUT2D eigenvalue weighted by Crippen LogP contribution is -2.55. The van der Waals surface area contributed by atoms with Crippen LogP contribution in [0.2, 0.25) is 10.0 Å². The average molecular weight is 393 g/mol. The van der Waals surface area contributed by atoms with Crippen molar-refractivity contribution in [3.63, 3.8) is 0 Å². The number of hydrogen-bond acceptors (Lipinski definition) is 2. The number of halogens is 2. The molecular weight excluding hydrogens is 367 g/mol. The van der Waals surface area contributed by atoms with E-state index < -0.39 is 0 Å². The van der Waals surface area contributed by atoms with Crippen LogP contribution in [0.15, 0.2) is 24.3 Å². The number of carbonyl (C=O) groups excluding carboxylic acids is 1. The first kappa shape index (κ1) is 18.3. The van der Waals surface area contributed by atoms with Crippen molar-refractivity contribution in [1.29, 1.82) is 0 Å². The average Bonchev–Trinajstić information content (AvgIpc) is 3.19. The summed E-state index contributed by atoms with van der Waals surface area (Å²) in [4.78, 5) is 18.1. The normalized spacial score (nSPS) is 27.7. The van der Waals surface area contributed by atoms with Crippen molar-refractivity contribution in [3.05, 3.63) is 39.9 Å². The van der Waals surface area contributed by atoms with Crippen molar-refractivity contribution in [3.8, 4) is 0 Å². The van der Waals surface area contributed by atoms with Crippen LogP contribution >= 0.6 is 23.2 Å². The predicted octanol–water partition coefficient (Wildman–Crippen LogP) is 5.02. The number of likely N-dealkylation sites (tertiary alicyclic amines) is 1. The van der Waals surface area contributed by atoms with E-state index in [0.717, 1.165) is 30.5 Å². The molecule has 1 saturated heterocycles. The smallest absolute Gasteiger partial charge is 0.254 e. The van der Waals surface area contributed by atoms with E-state index in [0.29, 0.717) is 22.1 Å². The maximum Gasteiger partial charge on any atom is 0.254 e. The lowest BCUT2D eigenvalue weighted by Gasteiger charge is -2.45. The number of amides is 1. The molecule has 0 aromatic heterocycles. The number of rotatable bonds is 3. The Balaban J connectivity index is 1.57. The van der Waals surface area contributed by atoms with Crippen LogP contribution in [0.3, 0.4) is 0 Å². The molecule has 5 heteroatoms. The zero-order chi connectivity index (χ0) is 18.1. The number of benzene rings is 1. The summed E-state index contributed by atoms with van der Waals surface area (Å²) >= 11 is 12.2. The van der Waals surface area contributed by atoms with Crippen LogP contribution in [0.5, 0.6) is 0 Å². The maximum atomic E-state index is 13.3. The maximum absolute atomic E-state index is 13.3. The Morgan fingerprint density at radius 3 is 2.35 bits per heavy atom. The first-order valence-corrected chi connectivity index (χ1v) is 10.6. The van der Waals surface area contributed by atoms with E-state index in [1.54, 1.807) is 6.07 Å². The predicted molar refractivity (Wildman–Crippen MR) is 108 cm³/mol. The SMILES string of the molecule is O=C1C(c2ccc(Cl)c(Cl)c2)=CCCN1C1CCCCC1N1CCCC1. The molecule has 0 spiro atoms. The molecule has 140 valence electrons. The second-order valence-electron chi connectivity index (χ2n) is 7.70. The second kappa shape index (κ2) is 7.92. The highest BCUT2D eigenvalue weighted by atomic mass is 35.5. The summed E-state index contributed by atoms with van der Waals surface area (Å²) in [6, 6.07) is 6.38. The molecule has 1 saturated carbocycles. The molecule has 0 radical (unpaired) electrons. The quantitative estimate of drug-likeness (QED) is 0.720. The fraction of sp³-hybridized carbons (Fsp3) is 0.571. The first-order valence-electron chi connectivity index (χ1n) is 9.86. The number of nitrogens with zero attached hydrogens (tertiary/aromatic N) is 2. The van der Waals surface area contributed by atoms with E-state index in [4.69, 9.17) is 23.2 Å². The van der Waals surface area contributed by atoms with Crippen LogP contribution < -0.4 is 0 Å². The van der Waals surface area contributed by atoms with E-state index in [9.17, 15) is 4.79 Å². The first-order chi connectivity index (χ1) is 12.6. The molecule has 3 aliphatic rings. The second-order valence-corrected chi connectivity index (χ2v) is 8.51. The molecule has 1 aromatic rings. The molecule has 2 unspecified atom stereocenters. The summed E-state index contributed by atoms with van der Waals surface area (Å²) in [5.41, 5.74) is 1.66. The summed E-state index contributed by atoms with van der Waals surface area (Å²) in [6.07, 6.45) is 10.4. The van der Waals surface area contributed by atoms with Gasteiger partial charge in [0, 0.05) is 24.2 Å². The molecule has 2 heterocycles. The van der Waals surface area contributed by atoms with Gasteiger partial charge in [0.05, 0.1) is 10.0 Å². The van der Waals surface area contributed by atoms with Gasteiger partial charge in [-0.05, 0) is 62.9 Å². The van der Waals surface area contributed by atoms with Crippen LogP contribution in [0.4, 0.5) is 0 Å². The van der Waals surface area contributed by atoms with E-state index in [-0.39, 0.29) is 5.91 Å². The minimum absolute atomic E-state index is 0.158. The molecule has 4 rings (SSSR count). The number of hydrogen-bond donors (Lipinski definition) is 0. The largest absolute Gasteiger partial charge is 0.334 e. The third kappa shape index (κ3) is 3.54. The summed E-state index contributed by atoms with van der Waals surface area (Å²) < 4.78 is 0. The van der Waals surface area contributed by atoms with Gasteiger partial charge in [-0.15, -0.1) is 0 Å². The Bertz CT molecular complexity index is 712. The van der Waals surface area contributed by atoms with Crippen LogP contribution in [0, 0.1) is 0 Å². The van der Waals surface area contributed by atoms with Crippen molar-refractivity contribution in [1.82, 2.24) is 9.80 Å². The molecular formula is C21H26Cl2N2O. The summed E-state index contributed by atoms with van der Waals surface area (Å²) in [5.74, 6) is 0.158. The molecule has 2 fully saturated rings. The minimum Gasteiger partial charge on any atom is -0.334 e. The van der Waals surface area contributed by atoms with Crippen molar-refractivity contribution >= 4 is 34.7 Å². The standard InChI is InChI=1S/C21H26Cl2N2O/c22-17-10-9-15(14-18(17)23)16-6-5-13-25(21(16)26)20-8-2-1-7-19(20)24-11-3-4-12-24/h6,9-10,14,19-20H,1-5,7-8,11-13H2. The summed E-state index contributed by atoms with van der Waals surface area (Å²) in [6.45, 7) is 3.22. The molecule has 3 nitrogen and oxygen atoms in total. The Labute approximate surface area is 165 Å². The van der Waals surface area contributed by atoms with Crippen LogP contribution in [-0.2, 0) is 4.79 Å². The van der Waals surface area contributed by atoms with Crippen LogP contribution in [0.1, 0.15) is 50.5 Å². The van der Waals surface area contributed by atoms with Gasteiger partial charge in [0.2, 0.25) is 0 Å². The monoisotopic (exact) mass is 392 g/mol. The Kier molecular flexibility index (Phi) is 5.58. The molecule has 0 bridgehead atoms. The molecule has 2 aliphatic heterocycles. The third-order valence-corrected chi connectivity index (χ3v) is 6.88. The molecule has 1 amide bonds. The Morgan fingerprint density at radius 1 is 0.885 bits per heavy atom. The van der Waals surface area contributed by atoms with Gasteiger partial charge < -0.3 is 4.90 Å². The Hall–Kier alpha value is -1.03. The van der Waals surface area contributed by atoms with Gasteiger partial charge in [0.25, 0.3) is 5.91 Å². The molecule has 1 aromatic carbocycles. The van der Waals surface area contributed by atoms with Crippen molar-refractivity contribution in [2.45, 2.75) is 57.0 Å². The van der Waals surface area contributed by atoms with Gasteiger partial charge >= 0.3 is 0 Å². The fourth-order valence-electron chi connectivity index (χ4n) is 4.87. The van der Waals surface area contributed by atoms with Gasteiger partial charge in [0.1, 0.15) is 0 Å². The fourth-order valence-corrected chi connectivity index (χ4v) is 5.17. The van der Waals surface area contributed by atoms with Gasteiger partial charge in [-0.1, -0.05) is 48.2 Å². The lowest BCUT2D eigenvalue weighted by molar-refractivity contribution is -0.130. The van der Waals surface area contributed by atoms with Crippen molar-refractivity contribution in [2.75, 3.05) is 19.6 Å². The van der Waals surface area contributed by atoms with E-state index in [1.165, 1.54) is 45.2 Å². The third-order valence-electron chi connectivity index (χ3n) is 6.14. The van der Waals surface area contributed by atoms with E-state index >= 15 is 0 Å². The molecule has 2 atom stereocenters. The highest BCUT2D eigenvalue weighted by Gasteiger charge is 2.38. The van der Waals surface area contributed by atoms with Crippen molar-refractivity contribution in [2.24, 2.45) is 0 Å². The van der Waals surface area contributed by atoms with Gasteiger partial charge in [-0.3, -0.25) is 9.69 Å². The van der Waals surface area contributed by atoms with E-state index in [2.05, 4.69) is 15.9 Å². The molecule has 1 aliphatic carbocycles. The molecule has 26 heavy (non-hydrogen) atoms.